The maximum absolute atomic E-state index is 3.97. The first-order valence-corrected chi connectivity index (χ1v) is 23.3. The molecule has 4 heteroatoms. The minimum absolute atomic E-state index is 0.0127. The van der Waals surface area contributed by atoms with Crippen molar-refractivity contribution in [2.45, 2.75) is 110 Å². The first-order chi connectivity index (χ1) is 30.2. The highest BCUT2D eigenvalue weighted by atomic mass is 15.3. The van der Waals surface area contributed by atoms with E-state index in [2.05, 4.69) is 229 Å². The number of nitrogens with zero attached hydrogens (tertiary/aromatic N) is 3. The summed E-state index contributed by atoms with van der Waals surface area (Å²) in [7, 11) is 0. The van der Waals surface area contributed by atoms with Crippen LogP contribution in [0, 0.1) is 0 Å². The maximum Gasteiger partial charge on any atom is 0.252 e. The van der Waals surface area contributed by atoms with Crippen molar-refractivity contribution in [2.75, 3.05) is 14.7 Å². The standard InChI is InChI=1S/C59H62BN3/c1-11-13-22-40(12-2)41-29-32-50-47(35-41)58(9)33-19-20-34-59(58,10)63(50)46-38-53-55-54(39-46)62(45-26-21-23-42(36-45)56(3,4)5)52-37-43(57(6,7)8)30-31-49(52)60(55)48-27-17-18-28-51(48)61(53)44-24-15-14-16-25-44/h11-18,21-32,35-39H,1,19-20,33-34H2,2-10H3/b22-13-,40-12+. The summed E-state index contributed by atoms with van der Waals surface area (Å²) in [6.45, 7) is 25.3. The Bertz CT molecular complexity index is 2850. The molecule has 1 aliphatic carbocycles. The number of benzene rings is 6. The van der Waals surface area contributed by atoms with Crippen LogP contribution >= 0.6 is 0 Å². The van der Waals surface area contributed by atoms with Gasteiger partial charge in [-0.1, -0.05) is 159 Å². The topological polar surface area (TPSA) is 9.72 Å². The van der Waals surface area contributed by atoms with Crippen molar-refractivity contribution in [3.05, 3.63) is 181 Å². The van der Waals surface area contributed by atoms with Gasteiger partial charge in [0.2, 0.25) is 0 Å². The quantitative estimate of drug-likeness (QED) is 0.122. The molecule has 0 amide bonds. The van der Waals surface area contributed by atoms with Gasteiger partial charge in [0.05, 0.1) is 5.54 Å². The highest BCUT2D eigenvalue weighted by Gasteiger charge is 2.58. The van der Waals surface area contributed by atoms with E-state index in [1.165, 1.54) is 103 Å². The van der Waals surface area contributed by atoms with Crippen LogP contribution in [0.2, 0.25) is 0 Å². The van der Waals surface area contributed by atoms with E-state index >= 15 is 0 Å². The Hall–Kier alpha value is -6.00. The van der Waals surface area contributed by atoms with Crippen LogP contribution in [0.25, 0.3) is 5.57 Å². The summed E-state index contributed by atoms with van der Waals surface area (Å²) in [6.07, 6.45) is 13.1. The Kier molecular flexibility index (Phi) is 9.64. The molecule has 1 fully saturated rings. The fourth-order valence-electron chi connectivity index (χ4n) is 11.6. The molecule has 6 aromatic carbocycles. The molecule has 3 heterocycles. The van der Waals surface area contributed by atoms with Gasteiger partial charge in [-0.3, -0.25) is 0 Å². The zero-order chi connectivity index (χ0) is 44.1. The normalized spacial score (nSPS) is 20.3. The lowest BCUT2D eigenvalue weighted by atomic mass is 9.33. The van der Waals surface area contributed by atoms with E-state index in [1.807, 2.05) is 6.08 Å². The molecule has 316 valence electrons. The van der Waals surface area contributed by atoms with Gasteiger partial charge in [0.15, 0.2) is 0 Å². The molecule has 3 nitrogen and oxygen atoms in total. The number of rotatable bonds is 6. The van der Waals surface area contributed by atoms with E-state index in [1.54, 1.807) is 0 Å². The van der Waals surface area contributed by atoms with Gasteiger partial charge in [-0.15, -0.1) is 0 Å². The van der Waals surface area contributed by atoms with Gasteiger partial charge in [0.25, 0.3) is 6.71 Å². The van der Waals surface area contributed by atoms with E-state index in [4.69, 9.17) is 0 Å². The smallest absolute Gasteiger partial charge is 0.252 e. The molecule has 2 unspecified atom stereocenters. The molecule has 0 bridgehead atoms. The van der Waals surface area contributed by atoms with E-state index in [-0.39, 0.29) is 28.5 Å². The predicted molar refractivity (Wildman–Crippen MR) is 274 cm³/mol. The van der Waals surface area contributed by atoms with Crippen LogP contribution in [0.3, 0.4) is 0 Å². The van der Waals surface area contributed by atoms with Crippen LogP contribution in [-0.4, -0.2) is 12.3 Å². The second-order valence-corrected chi connectivity index (χ2v) is 20.9. The van der Waals surface area contributed by atoms with Gasteiger partial charge < -0.3 is 14.7 Å². The first kappa shape index (κ1) is 41.0. The van der Waals surface area contributed by atoms with Gasteiger partial charge in [-0.25, -0.2) is 0 Å². The lowest BCUT2D eigenvalue weighted by Crippen LogP contribution is -2.61. The predicted octanol–water partition coefficient (Wildman–Crippen LogP) is 14.3. The molecule has 0 saturated heterocycles. The van der Waals surface area contributed by atoms with Crippen molar-refractivity contribution in [2.24, 2.45) is 0 Å². The van der Waals surface area contributed by atoms with Crippen LogP contribution in [0.1, 0.15) is 110 Å². The van der Waals surface area contributed by atoms with Gasteiger partial charge >= 0.3 is 0 Å². The van der Waals surface area contributed by atoms with E-state index in [0.717, 1.165) is 12.8 Å². The van der Waals surface area contributed by atoms with Crippen molar-refractivity contribution in [3.63, 3.8) is 0 Å². The summed E-state index contributed by atoms with van der Waals surface area (Å²) in [4.78, 5) is 7.96. The number of anilines is 8. The molecule has 6 aromatic rings. The van der Waals surface area contributed by atoms with Crippen molar-refractivity contribution in [1.29, 1.82) is 0 Å². The SMILES string of the molecule is C=C/C=C\C(=C/C)c1ccc2c(c1)C1(C)CCCCC1(C)N2c1cc2c3c(c1)N(c1cccc(C(C)(C)C)c1)c1cc(C(C)(C)C)ccc1B3c1ccccc1N2c1ccccc1. The van der Waals surface area contributed by atoms with Crippen LogP contribution in [0.15, 0.2) is 158 Å². The van der Waals surface area contributed by atoms with Crippen LogP contribution in [0.5, 0.6) is 0 Å². The second-order valence-electron chi connectivity index (χ2n) is 20.9. The first-order valence-electron chi connectivity index (χ1n) is 23.3. The second kappa shape index (κ2) is 14.8. The Morgan fingerprint density at radius 2 is 1.25 bits per heavy atom. The third-order valence-corrected chi connectivity index (χ3v) is 15.2. The zero-order valence-corrected chi connectivity index (χ0v) is 38.9. The molecule has 2 atom stereocenters. The maximum atomic E-state index is 3.97. The highest BCUT2D eigenvalue weighted by molar-refractivity contribution is 7.00. The summed E-state index contributed by atoms with van der Waals surface area (Å²) >= 11 is 0. The molecule has 0 aromatic heterocycles. The summed E-state index contributed by atoms with van der Waals surface area (Å²) in [5.41, 5.74) is 20.4. The van der Waals surface area contributed by atoms with E-state index < -0.39 is 0 Å². The van der Waals surface area contributed by atoms with Crippen molar-refractivity contribution < 1.29 is 0 Å². The van der Waals surface area contributed by atoms with Crippen LogP contribution < -0.4 is 31.1 Å². The third kappa shape index (κ3) is 6.30. The molecule has 1 saturated carbocycles. The van der Waals surface area contributed by atoms with E-state index in [0.29, 0.717) is 0 Å². The average molecular weight is 824 g/mol. The molecule has 10 rings (SSSR count). The molecule has 4 aliphatic rings. The lowest BCUT2D eigenvalue weighted by molar-refractivity contribution is 0.195. The van der Waals surface area contributed by atoms with Crippen molar-refractivity contribution >= 4 is 74.2 Å². The molecule has 63 heavy (non-hydrogen) atoms. The number of hydrogen-bond donors (Lipinski definition) is 0. The van der Waals surface area contributed by atoms with Gasteiger partial charge in [0.1, 0.15) is 0 Å². The Morgan fingerprint density at radius 3 is 1.97 bits per heavy atom. The number of hydrogen-bond acceptors (Lipinski definition) is 3. The van der Waals surface area contributed by atoms with Gasteiger partial charge in [-0.05, 0) is 142 Å². The lowest BCUT2D eigenvalue weighted by Gasteiger charge is -2.51. The van der Waals surface area contributed by atoms with Crippen LogP contribution in [-0.2, 0) is 16.2 Å². The Labute approximate surface area is 377 Å². The fraction of sp³-hybridized carbons (Fsp3) is 0.288. The van der Waals surface area contributed by atoms with Gasteiger partial charge in [-0.2, -0.15) is 0 Å². The highest BCUT2D eigenvalue weighted by Crippen LogP contribution is 2.62. The summed E-state index contributed by atoms with van der Waals surface area (Å²) in [5, 5.41) is 0. The molecule has 0 N–H and O–H groups in total. The summed E-state index contributed by atoms with van der Waals surface area (Å²) in [5.74, 6) is 0. The Morgan fingerprint density at radius 1 is 0.603 bits per heavy atom. The number of allylic oxidation sites excluding steroid dienone is 5. The molecular weight excluding hydrogens is 761 g/mol. The molecule has 3 aliphatic heterocycles. The number of para-hydroxylation sites is 2. The minimum atomic E-state index is -0.146. The summed E-state index contributed by atoms with van der Waals surface area (Å²) < 4.78 is 0. The zero-order valence-electron chi connectivity index (χ0n) is 38.9. The van der Waals surface area contributed by atoms with Crippen molar-refractivity contribution in [3.8, 4) is 0 Å². The minimum Gasteiger partial charge on any atom is -0.334 e. The molecular formula is C59H62BN3. The van der Waals surface area contributed by atoms with Crippen molar-refractivity contribution in [1.82, 2.24) is 0 Å². The molecule has 0 spiro atoms. The fourth-order valence-corrected chi connectivity index (χ4v) is 11.6. The average Bonchev–Trinajstić information content (AvgIpc) is 3.48. The molecule has 0 radical (unpaired) electrons. The van der Waals surface area contributed by atoms with Gasteiger partial charge in [0, 0.05) is 50.9 Å². The summed E-state index contributed by atoms with van der Waals surface area (Å²) in [6, 6.07) is 49.3. The Balaban J connectivity index is 1.31. The third-order valence-electron chi connectivity index (χ3n) is 15.2. The van der Waals surface area contributed by atoms with Crippen LogP contribution in [0.4, 0.5) is 45.5 Å². The number of fused-ring (bicyclic) bond motifs is 7. The largest absolute Gasteiger partial charge is 0.334 e. The van der Waals surface area contributed by atoms with E-state index in [9.17, 15) is 0 Å². The monoisotopic (exact) mass is 824 g/mol.